The minimum Gasteiger partial charge on any atom is -0.495 e. The van der Waals surface area contributed by atoms with Gasteiger partial charge in [0, 0.05) is 36.9 Å². The molecule has 1 aliphatic carbocycles. The first-order valence-corrected chi connectivity index (χ1v) is 16.1. The topological polar surface area (TPSA) is 102 Å². The predicted octanol–water partition coefficient (Wildman–Crippen LogP) is 5.69. The molecule has 0 radical (unpaired) electrons. The van der Waals surface area contributed by atoms with E-state index < -0.39 is 47.0 Å². The van der Waals surface area contributed by atoms with Crippen LogP contribution in [0.25, 0.3) is 10.9 Å². The second-order valence-electron chi connectivity index (χ2n) is 11.2. The first-order chi connectivity index (χ1) is 21.1. The molecule has 8 nitrogen and oxygen atoms in total. The normalized spacial score (nSPS) is 19.0. The molecule has 3 atom stereocenters. The smallest absolute Gasteiger partial charge is 0.406 e. The Bertz CT molecular complexity index is 1660. The Kier molecular flexibility index (Phi) is 10.6. The van der Waals surface area contributed by atoms with Crippen LogP contribution in [0, 0.1) is 17.8 Å². The fraction of sp³-hybridized carbons (Fsp3) is 0.484. The Hall–Kier alpha value is -3.54. The highest BCUT2D eigenvalue weighted by Crippen LogP contribution is 2.41. The van der Waals surface area contributed by atoms with Crippen LogP contribution in [0.5, 0.6) is 5.75 Å². The lowest BCUT2D eigenvalue weighted by Crippen LogP contribution is -2.45. The lowest BCUT2D eigenvalue weighted by molar-refractivity contribution is -0.140. The molecule has 1 aromatic heterocycles. The molecule has 0 amide bonds. The van der Waals surface area contributed by atoms with Gasteiger partial charge in [-0.1, -0.05) is 12.0 Å². The van der Waals surface area contributed by atoms with Crippen LogP contribution < -0.4 is 15.4 Å². The van der Waals surface area contributed by atoms with Gasteiger partial charge < -0.3 is 29.8 Å². The van der Waals surface area contributed by atoms with Crippen molar-refractivity contribution < 1.29 is 45.0 Å². The SMILES string of the molecule is COCC(O)CC1CCC(Nc2cccc3c2cc(C#CCNc2ccc(S(C)(=O)=O)cc2OC)n3CC(F)(F)F)C(F)(F)C1. The van der Waals surface area contributed by atoms with Crippen molar-refractivity contribution in [1.29, 1.82) is 0 Å². The van der Waals surface area contributed by atoms with Crippen molar-refractivity contribution in [3.63, 3.8) is 0 Å². The van der Waals surface area contributed by atoms with Crippen LogP contribution in [0.15, 0.2) is 47.4 Å². The van der Waals surface area contributed by atoms with Crippen LogP contribution >= 0.6 is 0 Å². The summed E-state index contributed by atoms with van der Waals surface area (Å²) >= 11 is 0. The van der Waals surface area contributed by atoms with E-state index in [0.717, 1.165) is 10.8 Å². The van der Waals surface area contributed by atoms with Crippen molar-refractivity contribution in [3.8, 4) is 17.6 Å². The van der Waals surface area contributed by atoms with E-state index in [9.17, 15) is 26.7 Å². The van der Waals surface area contributed by atoms with Crippen molar-refractivity contribution in [2.75, 3.05) is 44.3 Å². The van der Waals surface area contributed by atoms with Crippen LogP contribution in [0.2, 0.25) is 0 Å². The molecule has 1 heterocycles. The molecule has 0 bridgehead atoms. The monoisotopic (exact) mass is 657 g/mol. The van der Waals surface area contributed by atoms with Gasteiger partial charge in [0.1, 0.15) is 12.3 Å². The summed E-state index contributed by atoms with van der Waals surface area (Å²) in [4.78, 5) is 0.0590. The Labute approximate surface area is 258 Å². The molecule has 45 heavy (non-hydrogen) atoms. The van der Waals surface area contributed by atoms with E-state index in [1.807, 2.05) is 0 Å². The quantitative estimate of drug-likeness (QED) is 0.180. The number of fused-ring (bicyclic) bond motifs is 1. The van der Waals surface area contributed by atoms with Crippen LogP contribution in [-0.2, 0) is 21.1 Å². The number of benzene rings is 2. The van der Waals surface area contributed by atoms with Gasteiger partial charge in [0.05, 0.1) is 54.2 Å². The molecule has 1 saturated carbocycles. The summed E-state index contributed by atoms with van der Waals surface area (Å²) in [6.07, 6.45) is -4.01. The number of nitrogens with zero attached hydrogens (tertiary/aromatic N) is 1. The van der Waals surface area contributed by atoms with Gasteiger partial charge in [0.2, 0.25) is 0 Å². The van der Waals surface area contributed by atoms with E-state index in [2.05, 4.69) is 22.5 Å². The largest absolute Gasteiger partial charge is 0.495 e. The summed E-state index contributed by atoms with van der Waals surface area (Å²) in [5.74, 6) is 2.29. The van der Waals surface area contributed by atoms with Gasteiger partial charge in [0.25, 0.3) is 5.92 Å². The summed E-state index contributed by atoms with van der Waals surface area (Å²) < 4.78 is 106. The average Bonchev–Trinajstić information content (AvgIpc) is 3.28. The van der Waals surface area contributed by atoms with E-state index in [-0.39, 0.29) is 59.5 Å². The van der Waals surface area contributed by atoms with Crippen molar-refractivity contribution in [1.82, 2.24) is 4.57 Å². The lowest BCUT2D eigenvalue weighted by Gasteiger charge is -2.37. The number of hydrogen-bond acceptors (Lipinski definition) is 7. The minimum atomic E-state index is -4.57. The molecular formula is C31H36F5N3O5S. The van der Waals surface area contributed by atoms with Gasteiger partial charge in [-0.2, -0.15) is 13.2 Å². The third-order valence-corrected chi connectivity index (χ3v) is 8.81. The number of rotatable bonds is 11. The number of anilines is 2. The van der Waals surface area contributed by atoms with Gasteiger partial charge in [-0.15, -0.1) is 0 Å². The zero-order chi connectivity index (χ0) is 33.0. The number of hydrogen-bond donors (Lipinski definition) is 3. The molecule has 4 rings (SSSR count). The molecule has 0 aliphatic heterocycles. The Morgan fingerprint density at radius 3 is 2.53 bits per heavy atom. The summed E-state index contributed by atoms with van der Waals surface area (Å²) in [6.45, 7) is -1.28. The zero-order valence-electron chi connectivity index (χ0n) is 25.0. The highest BCUT2D eigenvalue weighted by atomic mass is 32.2. The van der Waals surface area contributed by atoms with Gasteiger partial charge in [-0.25, -0.2) is 17.2 Å². The second kappa shape index (κ2) is 13.8. The van der Waals surface area contributed by atoms with Gasteiger partial charge in [-0.05, 0) is 61.4 Å². The second-order valence-corrected chi connectivity index (χ2v) is 13.2. The summed E-state index contributed by atoms with van der Waals surface area (Å²) in [5.41, 5.74) is 0.936. The van der Waals surface area contributed by atoms with Crippen molar-refractivity contribution >= 4 is 32.1 Å². The lowest BCUT2D eigenvalue weighted by atomic mass is 9.80. The van der Waals surface area contributed by atoms with Gasteiger partial charge in [0.15, 0.2) is 9.84 Å². The molecule has 246 valence electrons. The van der Waals surface area contributed by atoms with Crippen LogP contribution in [0.3, 0.4) is 0 Å². The molecular weight excluding hydrogens is 621 g/mol. The van der Waals surface area contributed by atoms with E-state index in [1.54, 1.807) is 6.07 Å². The summed E-state index contributed by atoms with van der Waals surface area (Å²) in [5, 5.41) is 16.2. The van der Waals surface area contributed by atoms with Crippen LogP contribution in [-0.4, -0.2) is 76.0 Å². The average molecular weight is 658 g/mol. The van der Waals surface area contributed by atoms with Gasteiger partial charge >= 0.3 is 6.18 Å². The number of nitrogens with one attached hydrogen (secondary N) is 2. The maximum absolute atomic E-state index is 15.2. The first-order valence-electron chi connectivity index (χ1n) is 14.2. The molecule has 1 aliphatic rings. The molecule has 2 aromatic carbocycles. The third-order valence-electron chi connectivity index (χ3n) is 7.70. The van der Waals surface area contributed by atoms with Crippen LogP contribution in [0.4, 0.5) is 33.3 Å². The molecule has 3 unspecified atom stereocenters. The van der Waals surface area contributed by atoms with E-state index in [0.29, 0.717) is 17.5 Å². The fourth-order valence-electron chi connectivity index (χ4n) is 5.64. The molecule has 0 spiro atoms. The Morgan fingerprint density at radius 1 is 1.13 bits per heavy atom. The Balaban J connectivity index is 1.57. The predicted molar refractivity (Wildman–Crippen MR) is 162 cm³/mol. The molecule has 3 aromatic rings. The number of aliphatic hydroxyl groups is 1. The van der Waals surface area contributed by atoms with Crippen molar-refractivity contribution in [3.05, 3.63) is 48.2 Å². The van der Waals surface area contributed by atoms with E-state index >= 15 is 8.78 Å². The number of sulfone groups is 1. The Morgan fingerprint density at radius 2 is 1.89 bits per heavy atom. The van der Waals surface area contributed by atoms with E-state index in [4.69, 9.17) is 9.47 Å². The molecule has 1 fully saturated rings. The first kappa shape index (κ1) is 34.3. The summed E-state index contributed by atoms with van der Waals surface area (Å²) in [7, 11) is -0.669. The summed E-state index contributed by atoms with van der Waals surface area (Å²) in [6, 6.07) is 8.99. The third kappa shape index (κ3) is 8.80. The van der Waals surface area contributed by atoms with Gasteiger partial charge in [-0.3, -0.25) is 0 Å². The highest BCUT2D eigenvalue weighted by molar-refractivity contribution is 7.90. The number of aromatic nitrogens is 1. The number of methoxy groups -OCH3 is 2. The number of aliphatic hydroxyl groups excluding tert-OH is 1. The van der Waals surface area contributed by atoms with E-state index in [1.165, 1.54) is 50.6 Å². The number of alkyl halides is 5. The maximum Gasteiger partial charge on any atom is 0.406 e. The number of ether oxygens (including phenoxy) is 2. The number of halogens is 5. The van der Waals surface area contributed by atoms with Crippen molar-refractivity contribution in [2.45, 2.75) is 61.4 Å². The standard InChI is InChI=1S/C31H36F5N3O5S/c1-43-18-22(40)14-20-9-12-29(30(32,33)17-20)38-25-7-4-8-27-24(25)15-21(39(27)19-31(34,35)36)6-5-13-37-26-11-10-23(45(3,41)42)16-28(26)44-2/h4,7-8,10-11,15-16,20,22,29,37-38,40H,9,12-14,17-19H2,1-3H3. The minimum absolute atomic E-state index is 0.0121. The molecule has 14 heteroatoms. The maximum atomic E-state index is 15.2. The fourth-order valence-corrected chi connectivity index (χ4v) is 6.28. The molecule has 0 saturated heterocycles. The molecule has 3 N–H and O–H groups in total. The zero-order valence-corrected chi connectivity index (χ0v) is 25.9. The highest BCUT2D eigenvalue weighted by Gasteiger charge is 2.45. The van der Waals surface area contributed by atoms with Crippen LogP contribution in [0.1, 0.15) is 31.4 Å². The van der Waals surface area contributed by atoms with Crippen molar-refractivity contribution in [2.24, 2.45) is 5.92 Å².